The van der Waals surface area contributed by atoms with Gasteiger partial charge >= 0.3 is 0 Å². The van der Waals surface area contributed by atoms with Gasteiger partial charge in [-0.25, -0.2) is 9.97 Å². The number of hydrogen-bond donors (Lipinski definition) is 1. The molecular weight excluding hydrogens is 316 g/mol. The van der Waals surface area contributed by atoms with Crippen molar-refractivity contribution in [2.45, 2.75) is 0 Å². The van der Waals surface area contributed by atoms with E-state index >= 15 is 0 Å². The first kappa shape index (κ1) is 16.4. The zero-order valence-corrected chi connectivity index (χ0v) is 14.0. The quantitative estimate of drug-likeness (QED) is 0.773. The highest BCUT2D eigenvalue weighted by Crippen LogP contribution is 2.25. The summed E-state index contributed by atoms with van der Waals surface area (Å²) in [7, 11) is 3.49. The molecule has 0 bridgehead atoms. The van der Waals surface area contributed by atoms with Gasteiger partial charge in [-0.1, -0.05) is 12.1 Å². The minimum Gasteiger partial charge on any atom is -0.497 e. The Hall–Kier alpha value is -3.41. The van der Waals surface area contributed by atoms with Crippen molar-refractivity contribution in [2.75, 3.05) is 24.4 Å². The summed E-state index contributed by atoms with van der Waals surface area (Å²) < 4.78 is 5.16. The number of ether oxygens (including phenoxy) is 1. The highest BCUT2D eigenvalue weighted by Gasteiger charge is 2.09. The first-order valence-corrected chi connectivity index (χ1v) is 7.71. The second-order valence-electron chi connectivity index (χ2n) is 5.39. The molecule has 0 radical (unpaired) electrons. The zero-order chi connectivity index (χ0) is 17.6. The van der Waals surface area contributed by atoms with Gasteiger partial charge in [-0.2, -0.15) is 0 Å². The molecule has 0 atom stereocenters. The third kappa shape index (κ3) is 3.92. The Morgan fingerprint density at radius 3 is 2.56 bits per heavy atom. The maximum Gasteiger partial charge on any atom is 0.255 e. The van der Waals surface area contributed by atoms with Crippen molar-refractivity contribution >= 4 is 23.0 Å². The van der Waals surface area contributed by atoms with Crippen LogP contribution >= 0.6 is 0 Å². The number of carbonyl (C=O) groups excluding carboxylic acids is 1. The minimum absolute atomic E-state index is 0.193. The lowest BCUT2D eigenvalue weighted by Crippen LogP contribution is -2.13. The Morgan fingerprint density at radius 2 is 1.80 bits per heavy atom. The molecular formula is C19H18N4O2. The molecule has 1 amide bonds. The topological polar surface area (TPSA) is 67.3 Å². The van der Waals surface area contributed by atoms with Crippen molar-refractivity contribution in [3.05, 3.63) is 72.8 Å². The smallest absolute Gasteiger partial charge is 0.255 e. The van der Waals surface area contributed by atoms with Crippen molar-refractivity contribution in [2.24, 2.45) is 0 Å². The summed E-state index contributed by atoms with van der Waals surface area (Å²) in [4.78, 5) is 22.4. The Balaban J connectivity index is 1.78. The standard InChI is InChI=1S/C19H18N4O2/c1-23(17-11-20-13-21-12-17)16-7-4-6-15(10-16)22-19(24)14-5-3-8-18(9-14)25-2/h3-13H,1-2H3,(H,22,24). The van der Waals surface area contributed by atoms with Crippen LogP contribution in [0.3, 0.4) is 0 Å². The molecule has 6 heteroatoms. The molecule has 0 spiro atoms. The van der Waals surface area contributed by atoms with Crippen LogP contribution in [0.15, 0.2) is 67.3 Å². The van der Waals surface area contributed by atoms with Crippen LogP contribution in [0.1, 0.15) is 10.4 Å². The number of hydrogen-bond acceptors (Lipinski definition) is 5. The molecule has 1 N–H and O–H groups in total. The van der Waals surface area contributed by atoms with Crippen molar-refractivity contribution in [3.8, 4) is 5.75 Å². The van der Waals surface area contributed by atoms with E-state index in [1.54, 1.807) is 43.8 Å². The van der Waals surface area contributed by atoms with Crippen LogP contribution in [0.4, 0.5) is 17.1 Å². The van der Waals surface area contributed by atoms with Gasteiger partial charge in [0, 0.05) is 24.0 Å². The van der Waals surface area contributed by atoms with Crippen LogP contribution in [0.25, 0.3) is 0 Å². The van der Waals surface area contributed by atoms with Crippen LogP contribution < -0.4 is 15.0 Å². The number of rotatable bonds is 5. The molecule has 3 rings (SSSR count). The predicted octanol–water partition coefficient (Wildman–Crippen LogP) is 3.51. The number of aromatic nitrogens is 2. The van der Waals surface area contributed by atoms with E-state index in [0.717, 1.165) is 11.4 Å². The lowest BCUT2D eigenvalue weighted by Gasteiger charge is -2.19. The van der Waals surface area contributed by atoms with E-state index in [4.69, 9.17) is 4.74 Å². The van der Waals surface area contributed by atoms with E-state index in [9.17, 15) is 4.79 Å². The average molecular weight is 334 g/mol. The summed E-state index contributed by atoms with van der Waals surface area (Å²) in [5, 5.41) is 2.90. The Labute approximate surface area is 146 Å². The van der Waals surface area contributed by atoms with E-state index in [2.05, 4.69) is 15.3 Å². The molecule has 2 aromatic carbocycles. The van der Waals surface area contributed by atoms with Gasteiger partial charge in [0.1, 0.15) is 12.1 Å². The summed E-state index contributed by atoms with van der Waals surface area (Å²) >= 11 is 0. The highest BCUT2D eigenvalue weighted by atomic mass is 16.5. The van der Waals surface area contributed by atoms with Crippen molar-refractivity contribution < 1.29 is 9.53 Å². The summed E-state index contributed by atoms with van der Waals surface area (Å²) in [6.45, 7) is 0. The van der Waals surface area contributed by atoms with E-state index in [1.165, 1.54) is 6.33 Å². The first-order valence-electron chi connectivity index (χ1n) is 7.71. The molecule has 1 heterocycles. The highest BCUT2D eigenvalue weighted by molar-refractivity contribution is 6.04. The van der Waals surface area contributed by atoms with Gasteiger partial charge in [-0.05, 0) is 36.4 Å². The monoisotopic (exact) mass is 334 g/mol. The number of amides is 1. The number of benzene rings is 2. The molecule has 0 aliphatic rings. The molecule has 6 nitrogen and oxygen atoms in total. The molecule has 0 aliphatic carbocycles. The Morgan fingerprint density at radius 1 is 1.04 bits per heavy atom. The van der Waals surface area contributed by atoms with Gasteiger partial charge < -0.3 is 15.0 Å². The molecule has 0 aliphatic heterocycles. The van der Waals surface area contributed by atoms with Gasteiger partial charge in [0.15, 0.2) is 0 Å². The predicted molar refractivity (Wildman–Crippen MR) is 97.5 cm³/mol. The SMILES string of the molecule is COc1cccc(C(=O)Nc2cccc(N(C)c3cncnc3)c2)c1. The molecule has 1 aromatic heterocycles. The van der Waals surface area contributed by atoms with Gasteiger partial charge in [0.05, 0.1) is 25.2 Å². The van der Waals surface area contributed by atoms with Gasteiger partial charge in [-0.15, -0.1) is 0 Å². The maximum absolute atomic E-state index is 12.4. The summed E-state index contributed by atoms with van der Waals surface area (Å²) in [6.07, 6.45) is 4.95. The third-order valence-corrected chi connectivity index (χ3v) is 3.76. The second kappa shape index (κ2) is 7.44. The molecule has 0 saturated heterocycles. The van der Waals surface area contributed by atoms with Crippen LogP contribution in [0.2, 0.25) is 0 Å². The zero-order valence-electron chi connectivity index (χ0n) is 14.0. The normalized spacial score (nSPS) is 10.2. The summed E-state index contributed by atoms with van der Waals surface area (Å²) in [6, 6.07) is 14.6. The van der Waals surface area contributed by atoms with Gasteiger partial charge in [0.25, 0.3) is 5.91 Å². The second-order valence-corrected chi connectivity index (χ2v) is 5.39. The molecule has 0 unspecified atom stereocenters. The number of anilines is 3. The van der Waals surface area contributed by atoms with Crippen molar-refractivity contribution in [1.29, 1.82) is 0 Å². The van der Waals surface area contributed by atoms with Crippen LogP contribution in [0, 0.1) is 0 Å². The Kier molecular flexibility index (Phi) is 4.89. The molecule has 3 aromatic rings. The van der Waals surface area contributed by atoms with Crippen LogP contribution in [-0.4, -0.2) is 30.0 Å². The number of carbonyl (C=O) groups is 1. The maximum atomic E-state index is 12.4. The van der Waals surface area contributed by atoms with E-state index in [-0.39, 0.29) is 5.91 Å². The van der Waals surface area contributed by atoms with Crippen molar-refractivity contribution in [3.63, 3.8) is 0 Å². The van der Waals surface area contributed by atoms with E-state index in [0.29, 0.717) is 17.0 Å². The van der Waals surface area contributed by atoms with Crippen LogP contribution in [-0.2, 0) is 0 Å². The van der Waals surface area contributed by atoms with E-state index < -0.39 is 0 Å². The first-order chi connectivity index (χ1) is 12.2. The summed E-state index contributed by atoms with van der Waals surface area (Å²) in [5.74, 6) is 0.451. The van der Waals surface area contributed by atoms with Gasteiger partial charge in [0.2, 0.25) is 0 Å². The molecule has 0 saturated carbocycles. The Bertz CT molecular complexity index is 868. The number of nitrogens with one attached hydrogen (secondary N) is 1. The lowest BCUT2D eigenvalue weighted by atomic mass is 10.2. The van der Waals surface area contributed by atoms with Crippen LogP contribution in [0.5, 0.6) is 5.75 Å². The molecule has 25 heavy (non-hydrogen) atoms. The van der Waals surface area contributed by atoms with Gasteiger partial charge in [-0.3, -0.25) is 4.79 Å². The fourth-order valence-electron chi connectivity index (χ4n) is 2.37. The summed E-state index contributed by atoms with van der Waals surface area (Å²) in [5.41, 5.74) is 3.01. The van der Waals surface area contributed by atoms with Crippen molar-refractivity contribution in [1.82, 2.24) is 9.97 Å². The number of nitrogens with zero attached hydrogens (tertiary/aromatic N) is 3. The minimum atomic E-state index is -0.193. The lowest BCUT2D eigenvalue weighted by molar-refractivity contribution is 0.102. The average Bonchev–Trinajstić information content (AvgIpc) is 2.68. The largest absolute Gasteiger partial charge is 0.497 e. The molecule has 126 valence electrons. The fourth-order valence-corrected chi connectivity index (χ4v) is 2.37. The fraction of sp³-hybridized carbons (Fsp3) is 0.105. The van der Waals surface area contributed by atoms with E-state index in [1.807, 2.05) is 36.2 Å². The third-order valence-electron chi connectivity index (χ3n) is 3.76. The number of methoxy groups -OCH3 is 1. The molecule has 0 fully saturated rings.